The van der Waals surface area contributed by atoms with Gasteiger partial charge in [0.05, 0.1) is 6.04 Å². The topological polar surface area (TPSA) is 183 Å². The van der Waals surface area contributed by atoms with Gasteiger partial charge in [-0.25, -0.2) is 4.79 Å². The number of nitrogens with one attached hydrogen (secondary N) is 3. The maximum Gasteiger partial charge on any atom is 0.407 e. The van der Waals surface area contributed by atoms with Crippen LogP contribution in [0.4, 0.5) is 4.79 Å². The third kappa shape index (κ3) is 13.7. The van der Waals surface area contributed by atoms with E-state index in [1.807, 2.05) is 44.2 Å². The zero-order valence-corrected chi connectivity index (χ0v) is 22.8. The molecule has 0 aromatic heterocycles. The summed E-state index contributed by atoms with van der Waals surface area (Å²) in [5, 5.41) is 34.7. The van der Waals surface area contributed by atoms with Crippen molar-refractivity contribution in [2.45, 2.75) is 108 Å². The third-order valence-electron chi connectivity index (χ3n) is 5.91. The molecule has 11 heteroatoms. The minimum Gasteiger partial charge on any atom is -0.445 e. The minimum absolute atomic E-state index is 0.149. The summed E-state index contributed by atoms with van der Waals surface area (Å²) in [6.07, 6.45) is 3.81. The number of amides is 3. The van der Waals surface area contributed by atoms with Gasteiger partial charge in [0.15, 0.2) is 6.10 Å². The Balaban J connectivity index is 0.000000408. The molecule has 2 fully saturated rings. The number of benzene rings is 1. The number of alkyl carbamates (subject to hydrolysis) is 1. The molecule has 3 rings (SSSR count). The number of ether oxygens (including phenoxy) is 1. The van der Waals surface area contributed by atoms with E-state index >= 15 is 0 Å². The summed E-state index contributed by atoms with van der Waals surface area (Å²) in [5.41, 5.74) is 6.49. The fourth-order valence-corrected chi connectivity index (χ4v) is 3.43. The molecule has 38 heavy (non-hydrogen) atoms. The number of rotatable bonds is 13. The molecule has 0 spiro atoms. The van der Waals surface area contributed by atoms with Crippen LogP contribution in [-0.4, -0.2) is 76.7 Å². The second-order valence-electron chi connectivity index (χ2n) is 9.51. The van der Waals surface area contributed by atoms with Gasteiger partial charge in [-0.05, 0) is 44.1 Å². The molecule has 1 aromatic carbocycles. The summed E-state index contributed by atoms with van der Waals surface area (Å²) >= 11 is 0. The van der Waals surface area contributed by atoms with Crippen molar-refractivity contribution in [1.29, 1.82) is 0 Å². The molecule has 0 saturated heterocycles. The highest BCUT2D eigenvalue weighted by molar-refractivity contribution is 5.83. The quantitative estimate of drug-likeness (QED) is 0.195. The van der Waals surface area contributed by atoms with Gasteiger partial charge in [-0.2, -0.15) is 0 Å². The number of hydrogen-bond donors (Lipinski definition) is 7. The zero-order chi connectivity index (χ0) is 28.5. The Kier molecular flexibility index (Phi) is 16.2. The first-order valence-electron chi connectivity index (χ1n) is 13.4. The Morgan fingerprint density at radius 3 is 1.87 bits per heavy atom. The predicted molar refractivity (Wildman–Crippen MR) is 144 cm³/mol. The molecule has 1 aromatic rings. The molecule has 4 atom stereocenters. The molecular formula is C27H46N4O7. The van der Waals surface area contributed by atoms with Crippen LogP contribution in [-0.2, 0) is 20.9 Å². The highest BCUT2D eigenvalue weighted by atomic mass is 16.5. The fourth-order valence-electron chi connectivity index (χ4n) is 3.43. The van der Waals surface area contributed by atoms with Gasteiger partial charge >= 0.3 is 6.09 Å². The first kappa shape index (κ1) is 33.3. The van der Waals surface area contributed by atoms with Crippen molar-refractivity contribution >= 4 is 17.9 Å². The Morgan fingerprint density at radius 1 is 0.895 bits per heavy atom. The van der Waals surface area contributed by atoms with Crippen molar-refractivity contribution in [3.05, 3.63) is 35.9 Å². The lowest BCUT2D eigenvalue weighted by Gasteiger charge is -2.23. The second kappa shape index (κ2) is 18.5. The van der Waals surface area contributed by atoms with E-state index in [2.05, 4.69) is 16.0 Å². The molecule has 0 bridgehead atoms. The van der Waals surface area contributed by atoms with Gasteiger partial charge in [-0.15, -0.1) is 0 Å². The number of carbonyl (C=O) groups excluding carboxylic acids is 3. The lowest BCUT2D eigenvalue weighted by molar-refractivity contribution is -0.131. The molecule has 8 N–H and O–H groups in total. The molecule has 2 saturated carbocycles. The van der Waals surface area contributed by atoms with Crippen molar-refractivity contribution in [1.82, 2.24) is 16.0 Å². The lowest BCUT2D eigenvalue weighted by atomic mass is 10.1. The standard InChI is InChI=1S/C17H24N2O4.C9H18N2O2.CH4O/c1-2-6-14(15(20)16(21)18-13-9-10-13)19-17(22)23-11-12-7-4-3-5-8-12;1-2-3-7(10)8(12)9(13)11-6-4-5-6;1-2/h3-5,7-8,13-15,20H,2,6,9-11H2,1H3,(H,18,21)(H,19,22);6-8,12H,2-5,10H2,1H3,(H,11,13);2H,1H3/t14-,15?;7-,8?;/m00./s1. The van der Waals surface area contributed by atoms with Gasteiger partial charge in [0.25, 0.3) is 11.8 Å². The molecule has 216 valence electrons. The Hall–Kier alpha value is -2.73. The third-order valence-corrected chi connectivity index (χ3v) is 5.91. The summed E-state index contributed by atoms with van der Waals surface area (Å²) in [5.74, 6) is -0.752. The summed E-state index contributed by atoms with van der Waals surface area (Å²) in [6.45, 7) is 4.05. The van der Waals surface area contributed by atoms with Crippen molar-refractivity contribution in [2.24, 2.45) is 5.73 Å². The highest BCUT2D eigenvalue weighted by Crippen LogP contribution is 2.19. The Bertz CT molecular complexity index is 819. The van der Waals surface area contributed by atoms with Crippen LogP contribution in [0.5, 0.6) is 0 Å². The van der Waals surface area contributed by atoms with Crippen molar-refractivity contribution in [3.8, 4) is 0 Å². The van der Waals surface area contributed by atoms with E-state index < -0.39 is 36.3 Å². The van der Waals surface area contributed by atoms with E-state index in [4.69, 9.17) is 15.6 Å². The summed E-state index contributed by atoms with van der Waals surface area (Å²) in [4.78, 5) is 35.1. The maximum atomic E-state index is 11.9. The number of aliphatic hydroxyl groups is 3. The SMILES string of the molecule is CCC[C@H](N)C(O)C(=O)NC1CC1.CCC[C@H](NC(=O)OCc1ccccc1)C(O)C(=O)NC1CC1.CO. The summed E-state index contributed by atoms with van der Waals surface area (Å²) in [6, 6.07) is 8.70. The second-order valence-corrected chi connectivity index (χ2v) is 9.51. The van der Waals surface area contributed by atoms with Crippen LogP contribution in [0.1, 0.15) is 70.8 Å². The van der Waals surface area contributed by atoms with Gasteiger partial charge in [0.1, 0.15) is 12.7 Å². The molecule has 0 radical (unpaired) electrons. The molecule has 0 heterocycles. The van der Waals surface area contributed by atoms with E-state index in [-0.39, 0.29) is 24.6 Å². The zero-order valence-electron chi connectivity index (χ0n) is 22.8. The molecule has 2 aliphatic carbocycles. The average molecular weight is 539 g/mol. The van der Waals surface area contributed by atoms with Gasteiger partial charge in [0, 0.05) is 25.2 Å². The van der Waals surface area contributed by atoms with Gasteiger partial charge in [0.2, 0.25) is 0 Å². The van der Waals surface area contributed by atoms with Gasteiger partial charge in [-0.3, -0.25) is 9.59 Å². The monoisotopic (exact) mass is 538 g/mol. The lowest BCUT2D eigenvalue weighted by Crippen LogP contribution is -2.51. The van der Waals surface area contributed by atoms with E-state index in [0.29, 0.717) is 12.8 Å². The Labute approximate surface area is 225 Å². The van der Waals surface area contributed by atoms with E-state index in [1.165, 1.54) is 0 Å². The van der Waals surface area contributed by atoms with Crippen LogP contribution in [0.15, 0.2) is 30.3 Å². The molecule has 2 aliphatic rings. The van der Waals surface area contributed by atoms with Crippen LogP contribution in [0.2, 0.25) is 0 Å². The van der Waals surface area contributed by atoms with E-state index in [1.54, 1.807) is 0 Å². The highest BCUT2D eigenvalue weighted by Gasteiger charge is 2.32. The number of carbonyl (C=O) groups is 3. The van der Waals surface area contributed by atoms with E-state index in [0.717, 1.165) is 51.2 Å². The van der Waals surface area contributed by atoms with Gasteiger partial charge < -0.3 is 41.7 Å². The van der Waals surface area contributed by atoms with Crippen LogP contribution in [0, 0.1) is 0 Å². The van der Waals surface area contributed by atoms with Crippen LogP contribution in [0.3, 0.4) is 0 Å². The predicted octanol–water partition coefficient (Wildman–Crippen LogP) is 1.08. The maximum absolute atomic E-state index is 11.9. The normalized spacial score (nSPS) is 17.1. The number of hydrogen-bond acceptors (Lipinski definition) is 8. The largest absolute Gasteiger partial charge is 0.445 e. The molecule has 11 nitrogen and oxygen atoms in total. The average Bonchev–Trinajstić information content (AvgIpc) is 3.86. The van der Waals surface area contributed by atoms with Crippen molar-refractivity contribution in [2.75, 3.05) is 7.11 Å². The van der Waals surface area contributed by atoms with Crippen molar-refractivity contribution in [3.63, 3.8) is 0 Å². The number of aliphatic hydroxyl groups excluding tert-OH is 3. The molecule has 0 aliphatic heterocycles. The van der Waals surface area contributed by atoms with Crippen molar-refractivity contribution < 1.29 is 34.4 Å². The molecule has 2 unspecified atom stereocenters. The summed E-state index contributed by atoms with van der Waals surface area (Å²) < 4.78 is 5.14. The van der Waals surface area contributed by atoms with E-state index in [9.17, 15) is 24.6 Å². The summed E-state index contributed by atoms with van der Waals surface area (Å²) in [7, 11) is 1.00. The minimum atomic E-state index is -1.26. The van der Waals surface area contributed by atoms with Crippen LogP contribution in [0.25, 0.3) is 0 Å². The first-order chi connectivity index (χ1) is 18.2. The number of nitrogens with two attached hydrogens (primary N) is 1. The fraction of sp³-hybridized carbons (Fsp3) is 0.667. The smallest absolute Gasteiger partial charge is 0.407 e. The van der Waals surface area contributed by atoms with Gasteiger partial charge in [-0.1, -0.05) is 57.0 Å². The molecule has 3 amide bonds. The Morgan fingerprint density at radius 2 is 1.39 bits per heavy atom. The first-order valence-corrected chi connectivity index (χ1v) is 13.4. The van der Waals surface area contributed by atoms with Crippen LogP contribution >= 0.6 is 0 Å². The van der Waals surface area contributed by atoms with Crippen LogP contribution < -0.4 is 21.7 Å². The molecular weight excluding hydrogens is 492 g/mol.